The first kappa shape index (κ1) is 15.5. The van der Waals surface area contributed by atoms with Gasteiger partial charge in [0.15, 0.2) is 12.4 Å². The largest absolute Gasteiger partial charge is 0.484 e. The quantitative estimate of drug-likeness (QED) is 0.509. The van der Waals surface area contributed by atoms with Gasteiger partial charge in [0, 0.05) is 17.5 Å². The number of furan rings is 1. The number of fused-ring (bicyclic) bond motifs is 1. The summed E-state index contributed by atoms with van der Waals surface area (Å²) in [5, 5.41) is 4.95. The molecule has 0 spiro atoms. The van der Waals surface area contributed by atoms with E-state index in [4.69, 9.17) is 29.7 Å². The van der Waals surface area contributed by atoms with E-state index in [9.17, 15) is 4.79 Å². The summed E-state index contributed by atoms with van der Waals surface area (Å²) in [7, 11) is 0. The molecule has 0 bridgehead atoms. The highest BCUT2D eigenvalue weighted by atomic mass is 35.5. The molecule has 25 heavy (non-hydrogen) atoms. The maximum atomic E-state index is 11.5. The molecule has 0 aliphatic heterocycles. The van der Waals surface area contributed by atoms with Crippen LogP contribution >= 0.6 is 11.6 Å². The summed E-state index contributed by atoms with van der Waals surface area (Å²) in [4.78, 5) is 15.7. The summed E-state index contributed by atoms with van der Waals surface area (Å²) in [6, 6.07) is 8.10. The van der Waals surface area contributed by atoms with Crippen LogP contribution in [0.2, 0.25) is 5.02 Å². The minimum Gasteiger partial charge on any atom is -0.484 e. The summed E-state index contributed by atoms with van der Waals surface area (Å²) < 4.78 is 21.1. The molecule has 126 valence electrons. The van der Waals surface area contributed by atoms with Gasteiger partial charge in [0.2, 0.25) is 5.82 Å². The third-order valence-electron chi connectivity index (χ3n) is 3.56. The van der Waals surface area contributed by atoms with E-state index in [1.54, 1.807) is 24.3 Å². The Bertz CT molecular complexity index is 1100. The van der Waals surface area contributed by atoms with Gasteiger partial charge in [-0.3, -0.25) is 0 Å². The van der Waals surface area contributed by atoms with E-state index >= 15 is 0 Å². The Kier molecular flexibility index (Phi) is 3.77. The number of aromatic nitrogens is 2. The standard InChI is InChI=1S/C17H11ClN2O5/c1-9-5-16(21)24-13-7-14(11(18)6-10(9)13)23-8-15-19-17(25-20-15)12-3-2-4-22-12/h2-7H,8H2,1H3. The summed E-state index contributed by atoms with van der Waals surface area (Å²) in [5.41, 5.74) is 0.745. The fourth-order valence-corrected chi connectivity index (χ4v) is 2.60. The Morgan fingerprint density at radius 2 is 2.16 bits per heavy atom. The molecule has 0 aliphatic rings. The van der Waals surface area contributed by atoms with E-state index in [0.29, 0.717) is 27.9 Å². The van der Waals surface area contributed by atoms with Gasteiger partial charge in [0.1, 0.15) is 11.3 Å². The van der Waals surface area contributed by atoms with E-state index in [2.05, 4.69) is 10.1 Å². The van der Waals surface area contributed by atoms with Crippen molar-refractivity contribution < 1.29 is 18.1 Å². The maximum Gasteiger partial charge on any atom is 0.336 e. The molecule has 4 aromatic rings. The van der Waals surface area contributed by atoms with Crippen LogP contribution in [0.4, 0.5) is 0 Å². The van der Waals surface area contributed by atoms with Gasteiger partial charge in [-0.15, -0.1) is 0 Å². The zero-order valence-corrected chi connectivity index (χ0v) is 13.7. The molecule has 8 heteroatoms. The van der Waals surface area contributed by atoms with Crippen molar-refractivity contribution >= 4 is 22.6 Å². The normalized spacial score (nSPS) is 11.1. The van der Waals surface area contributed by atoms with Gasteiger partial charge in [-0.1, -0.05) is 16.8 Å². The molecule has 4 rings (SSSR count). The summed E-state index contributed by atoms with van der Waals surface area (Å²) in [5.74, 6) is 1.41. The lowest BCUT2D eigenvalue weighted by Crippen LogP contribution is -2.00. The lowest BCUT2D eigenvalue weighted by atomic mass is 10.1. The van der Waals surface area contributed by atoms with Crippen LogP contribution in [-0.4, -0.2) is 10.1 Å². The number of aryl methyl sites for hydroxylation is 1. The van der Waals surface area contributed by atoms with Crippen LogP contribution in [-0.2, 0) is 6.61 Å². The first-order chi connectivity index (χ1) is 12.1. The van der Waals surface area contributed by atoms with E-state index in [1.165, 1.54) is 12.3 Å². The van der Waals surface area contributed by atoms with E-state index < -0.39 is 5.63 Å². The molecule has 0 saturated carbocycles. The van der Waals surface area contributed by atoms with Crippen molar-refractivity contribution in [2.75, 3.05) is 0 Å². The zero-order valence-electron chi connectivity index (χ0n) is 13.0. The first-order valence-corrected chi connectivity index (χ1v) is 7.71. The van der Waals surface area contributed by atoms with Gasteiger partial charge < -0.3 is 18.1 Å². The topological polar surface area (TPSA) is 91.5 Å². The van der Waals surface area contributed by atoms with Gasteiger partial charge in [-0.2, -0.15) is 4.98 Å². The third-order valence-corrected chi connectivity index (χ3v) is 3.86. The SMILES string of the molecule is Cc1cc(=O)oc2cc(OCc3noc(-c4ccco4)n3)c(Cl)cc12. The zero-order chi connectivity index (χ0) is 17.4. The predicted octanol–water partition coefficient (Wildman–Crippen LogP) is 3.98. The molecule has 3 heterocycles. The van der Waals surface area contributed by atoms with Crippen LogP contribution in [0.5, 0.6) is 5.75 Å². The highest BCUT2D eigenvalue weighted by Crippen LogP contribution is 2.31. The van der Waals surface area contributed by atoms with Crippen LogP contribution in [0.25, 0.3) is 22.6 Å². The number of hydrogen-bond acceptors (Lipinski definition) is 7. The molecule has 3 aromatic heterocycles. The van der Waals surface area contributed by atoms with Gasteiger partial charge >= 0.3 is 5.63 Å². The second kappa shape index (κ2) is 6.10. The molecule has 0 N–H and O–H groups in total. The maximum absolute atomic E-state index is 11.5. The van der Waals surface area contributed by atoms with Crippen molar-refractivity contribution in [1.82, 2.24) is 10.1 Å². The summed E-state index contributed by atoms with van der Waals surface area (Å²) in [6.07, 6.45) is 1.51. The fourth-order valence-electron chi connectivity index (χ4n) is 2.39. The molecule has 0 aliphatic carbocycles. The van der Waals surface area contributed by atoms with Crippen molar-refractivity contribution in [3.05, 3.63) is 63.4 Å². The molecule has 0 atom stereocenters. The lowest BCUT2D eigenvalue weighted by molar-refractivity contribution is 0.287. The minimum atomic E-state index is -0.431. The molecular weight excluding hydrogens is 348 g/mol. The van der Waals surface area contributed by atoms with Gasteiger partial charge in [-0.05, 0) is 30.7 Å². The summed E-state index contributed by atoms with van der Waals surface area (Å²) in [6.45, 7) is 1.84. The summed E-state index contributed by atoms with van der Waals surface area (Å²) >= 11 is 6.24. The molecule has 7 nitrogen and oxygen atoms in total. The highest BCUT2D eigenvalue weighted by molar-refractivity contribution is 6.32. The van der Waals surface area contributed by atoms with Crippen LogP contribution in [0, 0.1) is 6.92 Å². The van der Waals surface area contributed by atoms with Crippen molar-refractivity contribution in [3.63, 3.8) is 0 Å². The second-order valence-electron chi connectivity index (χ2n) is 5.31. The van der Waals surface area contributed by atoms with Gasteiger partial charge in [-0.25, -0.2) is 4.79 Å². The smallest absolute Gasteiger partial charge is 0.336 e. The van der Waals surface area contributed by atoms with Crippen molar-refractivity contribution in [1.29, 1.82) is 0 Å². The molecule has 1 aromatic carbocycles. The predicted molar refractivity (Wildman–Crippen MR) is 88.6 cm³/mol. The Balaban J connectivity index is 1.59. The van der Waals surface area contributed by atoms with Crippen LogP contribution < -0.4 is 10.4 Å². The molecule has 0 saturated heterocycles. The average molecular weight is 359 g/mol. The van der Waals surface area contributed by atoms with Crippen molar-refractivity contribution in [2.45, 2.75) is 13.5 Å². The Labute approximate surface area is 145 Å². The highest BCUT2D eigenvalue weighted by Gasteiger charge is 2.13. The van der Waals surface area contributed by atoms with Crippen molar-refractivity contribution in [3.8, 4) is 17.4 Å². The Morgan fingerprint density at radius 1 is 1.28 bits per heavy atom. The lowest BCUT2D eigenvalue weighted by Gasteiger charge is -2.08. The number of nitrogens with zero attached hydrogens (tertiary/aromatic N) is 2. The van der Waals surface area contributed by atoms with E-state index in [-0.39, 0.29) is 12.5 Å². The first-order valence-electron chi connectivity index (χ1n) is 7.33. The molecule has 0 amide bonds. The van der Waals surface area contributed by atoms with E-state index in [0.717, 1.165) is 10.9 Å². The van der Waals surface area contributed by atoms with E-state index in [1.807, 2.05) is 6.92 Å². The molecule has 0 fully saturated rings. The number of rotatable bonds is 4. The average Bonchev–Trinajstić information content (AvgIpc) is 3.25. The minimum absolute atomic E-state index is 0.0332. The molecule has 0 radical (unpaired) electrons. The Hall–Kier alpha value is -3.06. The van der Waals surface area contributed by atoms with Crippen LogP contribution in [0.3, 0.4) is 0 Å². The van der Waals surface area contributed by atoms with Crippen LogP contribution in [0.15, 0.2) is 54.7 Å². The number of benzene rings is 1. The number of ether oxygens (including phenoxy) is 1. The fraction of sp³-hybridized carbons (Fsp3) is 0.118. The third kappa shape index (κ3) is 3.01. The van der Waals surface area contributed by atoms with Gasteiger partial charge in [0.05, 0.1) is 11.3 Å². The van der Waals surface area contributed by atoms with Crippen LogP contribution in [0.1, 0.15) is 11.4 Å². The van der Waals surface area contributed by atoms with Crippen molar-refractivity contribution in [2.24, 2.45) is 0 Å². The molecule has 0 unspecified atom stereocenters. The Morgan fingerprint density at radius 3 is 2.96 bits per heavy atom. The number of halogens is 1. The number of hydrogen-bond donors (Lipinski definition) is 0. The molecular formula is C17H11ClN2O5. The van der Waals surface area contributed by atoms with Gasteiger partial charge in [0.25, 0.3) is 5.89 Å². The second-order valence-corrected chi connectivity index (χ2v) is 5.72. The monoisotopic (exact) mass is 358 g/mol.